The molecule has 1 aliphatic rings. The molecule has 0 spiro atoms. The van der Waals surface area contributed by atoms with Crippen LogP contribution in [0.2, 0.25) is 0 Å². The van der Waals surface area contributed by atoms with Gasteiger partial charge in [0.2, 0.25) is 0 Å². The van der Waals surface area contributed by atoms with Crippen LogP contribution in [0.5, 0.6) is 0 Å². The molecule has 0 amide bonds. The molecule has 0 heterocycles. The zero-order chi connectivity index (χ0) is 21.6. The fourth-order valence-corrected chi connectivity index (χ4v) is 5.12. The second-order valence-corrected chi connectivity index (χ2v) is 9.12. The van der Waals surface area contributed by atoms with Crippen LogP contribution in [0.1, 0.15) is 69.8 Å². The van der Waals surface area contributed by atoms with E-state index in [0.29, 0.717) is 17.2 Å². The van der Waals surface area contributed by atoms with Crippen molar-refractivity contribution >= 4 is 5.69 Å². The Balaban J connectivity index is 1.51. The molecule has 0 atom stereocenters. The van der Waals surface area contributed by atoms with Gasteiger partial charge in [0.15, 0.2) is 0 Å². The first-order valence-corrected chi connectivity index (χ1v) is 11.9. The highest BCUT2D eigenvalue weighted by Crippen LogP contribution is 2.39. The maximum Gasteiger partial charge on any atom is 0.131 e. The van der Waals surface area contributed by atoms with Gasteiger partial charge in [-0.15, -0.1) is 0 Å². The lowest BCUT2D eigenvalue weighted by Crippen LogP contribution is -2.13. The van der Waals surface area contributed by atoms with Crippen LogP contribution in [0.25, 0.3) is 22.3 Å². The van der Waals surface area contributed by atoms with Crippen LogP contribution in [0.15, 0.2) is 66.7 Å². The summed E-state index contributed by atoms with van der Waals surface area (Å²) in [7, 11) is 0. The standard InChI is InChI=1S/C29H34FN/c1-2-3-4-7-21-10-12-22(13-11-21)23-14-16-24(17-15-23)28-20-25(31)18-19-26(28)27-8-5-6-9-29(27)30/h5-6,8-9,14-22H,2-4,7,10-13,31H2,1H3/t21-,22-. The Kier molecular flexibility index (Phi) is 7.06. The number of hydrogen-bond acceptors (Lipinski definition) is 1. The second kappa shape index (κ2) is 10.1. The summed E-state index contributed by atoms with van der Waals surface area (Å²) < 4.78 is 14.5. The Morgan fingerprint density at radius 3 is 2.26 bits per heavy atom. The molecule has 1 nitrogen and oxygen atoms in total. The lowest BCUT2D eigenvalue weighted by Gasteiger charge is -2.29. The molecule has 0 saturated heterocycles. The summed E-state index contributed by atoms with van der Waals surface area (Å²) in [4.78, 5) is 0. The minimum absolute atomic E-state index is 0.208. The summed E-state index contributed by atoms with van der Waals surface area (Å²) in [5.74, 6) is 1.39. The first-order valence-electron chi connectivity index (χ1n) is 11.9. The predicted octanol–water partition coefficient (Wildman–Crippen LogP) is 8.60. The summed E-state index contributed by atoms with van der Waals surface area (Å²) in [6.45, 7) is 2.28. The van der Waals surface area contributed by atoms with E-state index >= 15 is 0 Å². The third-order valence-electron chi connectivity index (χ3n) is 6.96. The van der Waals surface area contributed by atoms with Crippen LogP contribution in [-0.4, -0.2) is 0 Å². The van der Waals surface area contributed by atoms with E-state index in [2.05, 4.69) is 31.2 Å². The van der Waals surface area contributed by atoms with Gasteiger partial charge in [-0.3, -0.25) is 0 Å². The molecule has 1 aliphatic carbocycles. The summed E-state index contributed by atoms with van der Waals surface area (Å²) in [5.41, 5.74) is 11.8. The molecule has 0 radical (unpaired) electrons. The summed E-state index contributed by atoms with van der Waals surface area (Å²) in [6, 6.07) is 21.6. The largest absolute Gasteiger partial charge is 0.399 e. The van der Waals surface area contributed by atoms with Crippen molar-refractivity contribution in [2.24, 2.45) is 5.92 Å². The van der Waals surface area contributed by atoms with E-state index in [4.69, 9.17) is 5.73 Å². The lowest BCUT2D eigenvalue weighted by atomic mass is 9.77. The number of hydrogen-bond donors (Lipinski definition) is 1. The fraction of sp³-hybridized carbons (Fsp3) is 0.379. The maximum absolute atomic E-state index is 14.5. The van der Waals surface area contributed by atoms with Crippen molar-refractivity contribution in [1.29, 1.82) is 0 Å². The van der Waals surface area contributed by atoms with Crippen LogP contribution >= 0.6 is 0 Å². The van der Waals surface area contributed by atoms with Crippen molar-refractivity contribution in [3.8, 4) is 22.3 Å². The van der Waals surface area contributed by atoms with Gasteiger partial charge in [-0.25, -0.2) is 4.39 Å². The normalized spacial score (nSPS) is 18.8. The topological polar surface area (TPSA) is 26.0 Å². The molecule has 3 aromatic rings. The summed E-state index contributed by atoms with van der Waals surface area (Å²) in [5, 5.41) is 0. The summed E-state index contributed by atoms with van der Waals surface area (Å²) in [6.07, 6.45) is 10.8. The minimum atomic E-state index is -0.208. The number of benzene rings is 3. The van der Waals surface area contributed by atoms with Gasteiger partial charge in [0.25, 0.3) is 0 Å². The molecule has 2 N–H and O–H groups in total. The average Bonchev–Trinajstić information content (AvgIpc) is 2.80. The van der Waals surface area contributed by atoms with Gasteiger partial charge < -0.3 is 5.73 Å². The predicted molar refractivity (Wildman–Crippen MR) is 131 cm³/mol. The lowest BCUT2D eigenvalue weighted by molar-refractivity contribution is 0.303. The Morgan fingerprint density at radius 1 is 0.806 bits per heavy atom. The number of halogens is 1. The minimum Gasteiger partial charge on any atom is -0.399 e. The molecule has 3 aromatic carbocycles. The maximum atomic E-state index is 14.5. The number of anilines is 1. The molecule has 4 rings (SSSR count). The Hall–Kier alpha value is -2.61. The second-order valence-electron chi connectivity index (χ2n) is 9.12. The summed E-state index contributed by atoms with van der Waals surface area (Å²) >= 11 is 0. The molecule has 162 valence electrons. The Morgan fingerprint density at radius 2 is 1.55 bits per heavy atom. The van der Waals surface area contributed by atoms with Crippen LogP contribution < -0.4 is 5.73 Å². The number of nitrogen functional groups attached to an aromatic ring is 1. The van der Waals surface area contributed by atoms with Crippen LogP contribution in [-0.2, 0) is 0 Å². The van der Waals surface area contributed by atoms with Crippen LogP contribution in [0, 0.1) is 11.7 Å². The van der Waals surface area contributed by atoms with Crippen LogP contribution in [0.4, 0.5) is 10.1 Å². The van der Waals surface area contributed by atoms with Crippen molar-refractivity contribution < 1.29 is 4.39 Å². The molecule has 2 heteroatoms. The first-order chi connectivity index (χ1) is 15.2. The third-order valence-corrected chi connectivity index (χ3v) is 6.96. The first kappa shape index (κ1) is 21.6. The SMILES string of the molecule is CCCCC[C@H]1CC[C@H](c2ccc(-c3cc(N)ccc3-c3ccccc3F)cc2)CC1. The molecule has 0 aromatic heterocycles. The number of unbranched alkanes of at least 4 members (excludes halogenated alkanes) is 2. The van der Waals surface area contributed by atoms with Gasteiger partial charge in [0.1, 0.15) is 5.82 Å². The highest BCUT2D eigenvalue weighted by atomic mass is 19.1. The fourth-order valence-electron chi connectivity index (χ4n) is 5.12. The molecular formula is C29H34FN. The van der Waals surface area contributed by atoms with Gasteiger partial charge in [-0.1, -0.05) is 81.1 Å². The molecule has 1 fully saturated rings. The smallest absolute Gasteiger partial charge is 0.131 e. The molecule has 0 aliphatic heterocycles. The van der Waals surface area contributed by atoms with Gasteiger partial charge in [0, 0.05) is 11.3 Å². The Labute approximate surface area is 186 Å². The molecule has 0 bridgehead atoms. The van der Waals surface area contributed by atoms with Crippen molar-refractivity contribution in [3.05, 3.63) is 78.1 Å². The van der Waals surface area contributed by atoms with E-state index < -0.39 is 0 Å². The zero-order valence-electron chi connectivity index (χ0n) is 18.6. The highest BCUT2D eigenvalue weighted by molar-refractivity contribution is 5.85. The molecule has 31 heavy (non-hydrogen) atoms. The zero-order valence-corrected chi connectivity index (χ0v) is 18.6. The molecule has 1 saturated carbocycles. The van der Waals surface area contributed by atoms with Crippen LogP contribution in [0.3, 0.4) is 0 Å². The van der Waals surface area contributed by atoms with E-state index in [-0.39, 0.29) is 5.82 Å². The van der Waals surface area contributed by atoms with Crippen molar-refractivity contribution in [2.45, 2.75) is 64.2 Å². The monoisotopic (exact) mass is 415 g/mol. The van der Waals surface area contributed by atoms with E-state index in [0.717, 1.165) is 22.6 Å². The van der Waals surface area contributed by atoms with E-state index in [1.807, 2.05) is 30.3 Å². The van der Waals surface area contributed by atoms with Gasteiger partial charge in [0.05, 0.1) is 0 Å². The van der Waals surface area contributed by atoms with E-state index in [9.17, 15) is 4.39 Å². The Bertz CT molecular complexity index is 984. The third kappa shape index (κ3) is 5.18. The average molecular weight is 416 g/mol. The van der Waals surface area contributed by atoms with Gasteiger partial charge >= 0.3 is 0 Å². The van der Waals surface area contributed by atoms with Crippen molar-refractivity contribution in [2.75, 3.05) is 5.73 Å². The van der Waals surface area contributed by atoms with E-state index in [1.165, 1.54) is 63.0 Å². The molecular weight excluding hydrogens is 381 g/mol. The highest BCUT2D eigenvalue weighted by Gasteiger charge is 2.22. The van der Waals surface area contributed by atoms with Gasteiger partial charge in [-0.05, 0) is 78.0 Å². The number of rotatable bonds is 7. The molecule has 0 unspecified atom stereocenters. The van der Waals surface area contributed by atoms with Crippen molar-refractivity contribution in [1.82, 2.24) is 0 Å². The van der Waals surface area contributed by atoms with Crippen molar-refractivity contribution in [3.63, 3.8) is 0 Å². The number of nitrogens with two attached hydrogens (primary N) is 1. The van der Waals surface area contributed by atoms with Gasteiger partial charge in [-0.2, -0.15) is 0 Å². The quantitative estimate of drug-likeness (QED) is 0.303. The van der Waals surface area contributed by atoms with E-state index in [1.54, 1.807) is 6.07 Å².